The van der Waals surface area contributed by atoms with E-state index in [0.29, 0.717) is 36.2 Å². The molecule has 0 saturated heterocycles. The van der Waals surface area contributed by atoms with E-state index in [4.69, 9.17) is 4.84 Å². The lowest BCUT2D eigenvalue weighted by Gasteiger charge is -2.64. The molecule has 0 spiro atoms. The van der Waals surface area contributed by atoms with Crippen molar-refractivity contribution in [2.45, 2.75) is 96.2 Å². The van der Waals surface area contributed by atoms with Crippen LogP contribution in [0.4, 0.5) is 0 Å². The predicted molar refractivity (Wildman–Crippen MR) is 136 cm³/mol. The molecular weight excluding hydrogens is 424 g/mol. The smallest absolute Gasteiger partial charge is 0.127 e. The molecule has 192 valence electrons. The van der Waals surface area contributed by atoms with Gasteiger partial charge in [0.1, 0.15) is 6.61 Å². The van der Waals surface area contributed by atoms with Crippen LogP contribution in [-0.2, 0) is 0 Å². The van der Waals surface area contributed by atoms with Gasteiger partial charge in [-0.1, -0.05) is 20.8 Å². The van der Waals surface area contributed by atoms with E-state index in [2.05, 4.69) is 51.9 Å². The fraction of sp³-hybridized carbons (Fsp3) is 0.862. The maximum atomic E-state index is 12.5. The Labute approximate surface area is 206 Å². The van der Waals surface area contributed by atoms with Gasteiger partial charge in [0.05, 0.1) is 17.4 Å². The maximum Gasteiger partial charge on any atom is 0.127 e. The molecule has 2 N–H and O–H groups in total. The molecule has 0 amide bonds. The number of aliphatic hydroxyl groups is 2. The van der Waals surface area contributed by atoms with Crippen LogP contribution in [0.2, 0.25) is 0 Å². The molecule has 1 heterocycles. The van der Waals surface area contributed by atoms with Crippen molar-refractivity contribution in [3.63, 3.8) is 0 Å². The Bertz CT molecular complexity index is 869. The third-order valence-electron chi connectivity index (χ3n) is 11.5. The van der Waals surface area contributed by atoms with E-state index in [9.17, 15) is 10.2 Å². The lowest BCUT2D eigenvalue weighted by molar-refractivity contribution is -0.211. The first-order chi connectivity index (χ1) is 16.1. The Morgan fingerprint density at radius 2 is 1.88 bits per heavy atom. The molecule has 4 fully saturated rings. The lowest BCUT2D eigenvalue weighted by atomic mass is 9.43. The average molecular weight is 473 g/mol. The lowest BCUT2D eigenvalue weighted by Crippen LogP contribution is -2.62. The van der Waals surface area contributed by atoms with Crippen molar-refractivity contribution >= 4 is 0 Å². The Morgan fingerprint density at radius 1 is 1.09 bits per heavy atom. The molecule has 9 atom stereocenters. The van der Waals surface area contributed by atoms with Crippen LogP contribution in [0.1, 0.15) is 90.2 Å². The van der Waals surface area contributed by atoms with Gasteiger partial charge >= 0.3 is 0 Å². The molecule has 4 aliphatic carbocycles. The van der Waals surface area contributed by atoms with Crippen molar-refractivity contribution in [1.82, 2.24) is 9.63 Å². The zero-order chi connectivity index (χ0) is 24.3. The highest BCUT2D eigenvalue weighted by Gasteiger charge is 2.67. The minimum atomic E-state index is -0.567. The van der Waals surface area contributed by atoms with E-state index in [0.717, 1.165) is 51.5 Å². The van der Waals surface area contributed by atoms with Crippen LogP contribution < -0.4 is 4.84 Å². The second-order valence-electron chi connectivity index (χ2n) is 13.1. The normalized spacial score (nSPS) is 44.9. The van der Waals surface area contributed by atoms with Crippen LogP contribution in [-0.4, -0.2) is 58.8 Å². The number of likely N-dealkylation sites (N-methyl/N-ethyl adjacent to an activating group) is 1. The molecule has 5 heteroatoms. The summed E-state index contributed by atoms with van der Waals surface area (Å²) in [7, 11) is 4.14. The van der Waals surface area contributed by atoms with E-state index in [1.165, 1.54) is 18.5 Å². The van der Waals surface area contributed by atoms with E-state index in [1.807, 2.05) is 10.9 Å². The molecule has 5 rings (SSSR count). The third kappa shape index (κ3) is 3.67. The van der Waals surface area contributed by atoms with Crippen LogP contribution in [0.25, 0.3) is 0 Å². The SMILES string of the molecule is CC(c1cccn1OCCN(C)C)C1CC[C@@]2(O)[C@@H]3CCC4CC(O)CC[C@]4(C)[C@@H]3CC[C@]12C. The van der Waals surface area contributed by atoms with Crippen molar-refractivity contribution < 1.29 is 15.1 Å². The van der Waals surface area contributed by atoms with Crippen LogP contribution in [0, 0.1) is 34.5 Å². The number of hydrogen-bond acceptors (Lipinski definition) is 4. The van der Waals surface area contributed by atoms with Gasteiger partial charge < -0.3 is 20.0 Å². The average Bonchev–Trinajstić information content (AvgIpc) is 3.36. The summed E-state index contributed by atoms with van der Waals surface area (Å²) in [5, 5.41) is 22.8. The van der Waals surface area contributed by atoms with Crippen molar-refractivity contribution in [2.75, 3.05) is 27.2 Å². The first-order valence-electron chi connectivity index (χ1n) is 14.0. The van der Waals surface area contributed by atoms with Gasteiger partial charge in [0.25, 0.3) is 0 Å². The largest absolute Gasteiger partial charge is 0.413 e. The van der Waals surface area contributed by atoms with Crippen molar-refractivity contribution in [2.24, 2.45) is 34.5 Å². The minimum absolute atomic E-state index is 0.0519. The van der Waals surface area contributed by atoms with Crippen LogP contribution >= 0.6 is 0 Å². The summed E-state index contributed by atoms with van der Waals surface area (Å²) < 4.78 is 1.99. The van der Waals surface area contributed by atoms with Crippen LogP contribution in [0.3, 0.4) is 0 Å². The summed E-state index contributed by atoms with van der Waals surface area (Å²) in [6.45, 7) is 8.84. The van der Waals surface area contributed by atoms with Crippen LogP contribution in [0.15, 0.2) is 18.3 Å². The van der Waals surface area contributed by atoms with Crippen molar-refractivity contribution in [3.8, 4) is 0 Å². The van der Waals surface area contributed by atoms with Gasteiger partial charge in [-0.05, 0) is 113 Å². The highest BCUT2D eigenvalue weighted by atomic mass is 16.7. The summed E-state index contributed by atoms with van der Waals surface area (Å²) >= 11 is 0. The Hall–Kier alpha value is -1.04. The molecule has 34 heavy (non-hydrogen) atoms. The number of nitrogens with zero attached hydrogens (tertiary/aromatic N) is 2. The molecule has 5 nitrogen and oxygen atoms in total. The molecular formula is C29H48N2O3. The monoisotopic (exact) mass is 472 g/mol. The number of fused-ring (bicyclic) bond motifs is 5. The van der Waals surface area contributed by atoms with Crippen LogP contribution in [0.5, 0.6) is 0 Å². The zero-order valence-electron chi connectivity index (χ0n) is 22.2. The molecule has 1 aromatic heterocycles. The van der Waals surface area contributed by atoms with Gasteiger partial charge in [0, 0.05) is 24.1 Å². The highest BCUT2D eigenvalue weighted by molar-refractivity contribution is 5.22. The van der Waals surface area contributed by atoms with E-state index in [1.54, 1.807) is 0 Å². The summed E-state index contributed by atoms with van der Waals surface area (Å²) in [6, 6.07) is 4.31. The number of rotatable bonds is 6. The number of aliphatic hydroxyl groups excluding tert-OH is 1. The molecule has 1 aromatic rings. The van der Waals surface area contributed by atoms with Gasteiger partial charge in [-0.25, -0.2) is 0 Å². The number of hydrogen-bond donors (Lipinski definition) is 2. The van der Waals surface area contributed by atoms with Crippen molar-refractivity contribution in [3.05, 3.63) is 24.0 Å². The summed E-state index contributed by atoms with van der Waals surface area (Å²) in [5.41, 5.74) is 0.914. The summed E-state index contributed by atoms with van der Waals surface area (Å²) in [6.07, 6.45) is 11.7. The van der Waals surface area contributed by atoms with Crippen molar-refractivity contribution in [1.29, 1.82) is 0 Å². The topological polar surface area (TPSA) is 57.9 Å². The highest BCUT2D eigenvalue weighted by Crippen LogP contribution is 2.70. The quantitative estimate of drug-likeness (QED) is 0.629. The first kappa shape index (κ1) is 24.6. The Balaban J connectivity index is 1.37. The molecule has 4 aliphatic rings. The van der Waals surface area contributed by atoms with Gasteiger partial charge in [0.15, 0.2) is 0 Å². The fourth-order valence-corrected chi connectivity index (χ4v) is 9.42. The minimum Gasteiger partial charge on any atom is -0.413 e. The third-order valence-corrected chi connectivity index (χ3v) is 11.5. The molecule has 0 radical (unpaired) electrons. The first-order valence-corrected chi connectivity index (χ1v) is 14.0. The molecule has 0 aromatic carbocycles. The molecule has 0 aliphatic heterocycles. The zero-order valence-corrected chi connectivity index (χ0v) is 22.2. The predicted octanol–water partition coefficient (Wildman–Crippen LogP) is 4.72. The summed E-state index contributed by atoms with van der Waals surface area (Å²) in [5.74, 6) is 2.45. The second-order valence-corrected chi connectivity index (χ2v) is 13.1. The second kappa shape index (κ2) is 8.81. The molecule has 4 unspecified atom stereocenters. The van der Waals surface area contributed by atoms with Gasteiger partial charge in [-0.2, -0.15) is 4.73 Å². The Kier molecular flexibility index (Phi) is 6.39. The Morgan fingerprint density at radius 3 is 2.65 bits per heavy atom. The van der Waals surface area contributed by atoms with E-state index in [-0.39, 0.29) is 16.9 Å². The van der Waals surface area contributed by atoms with E-state index >= 15 is 0 Å². The molecule has 4 saturated carbocycles. The maximum absolute atomic E-state index is 12.5. The standard InChI is InChI=1S/C29H48N2O3/c1-20(26-7-6-16-31(26)34-18-17-30(4)5)23-12-15-29(33)25-9-8-21-19-22(32)10-13-27(21,2)24(25)11-14-28(23,29)3/h6-7,16,20-25,32-33H,8-15,17-19H2,1-5H3/t20?,21?,22?,23?,24-,25-,27+,28-,29-/m1/s1. The van der Waals surface area contributed by atoms with Gasteiger partial charge in [0.2, 0.25) is 0 Å². The van der Waals surface area contributed by atoms with E-state index < -0.39 is 5.60 Å². The fourth-order valence-electron chi connectivity index (χ4n) is 9.42. The van der Waals surface area contributed by atoms with Gasteiger partial charge in [-0.3, -0.25) is 0 Å². The summed E-state index contributed by atoms with van der Waals surface area (Å²) in [4.78, 5) is 8.27. The molecule has 0 bridgehead atoms. The van der Waals surface area contributed by atoms with Gasteiger partial charge in [-0.15, -0.1) is 0 Å². The number of aromatic nitrogens is 1.